The first-order chi connectivity index (χ1) is 13.9. The molecule has 1 unspecified atom stereocenters. The molecule has 0 saturated heterocycles. The van der Waals surface area contributed by atoms with E-state index in [4.69, 9.17) is 9.47 Å². The number of hydrogen-bond acceptors (Lipinski definition) is 6. The minimum atomic E-state index is -1.07. The number of methoxy groups -OCH3 is 1. The zero-order valence-corrected chi connectivity index (χ0v) is 19.3. The summed E-state index contributed by atoms with van der Waals surface area (Å²) in [6, 6.07) is 0. The quantitative estimate of drug-likeness (QED) is 0.664. The molecule has 0 spiro atoms. The summed E-state index contributed by atoms with van der Waals surface area (Å²) in [4.78, 5) is 39.3. The largest absolute Gasteiger partial charge is 0.478 e. The van der Waals surface area contributed by atoms with Crippen LogP contribution in [0.25, 0.3) is 0 Å². The molecular formula is C23H35NO6. The monoisotopic (exact) mass is 421 g/mol. The molecule has 1 N–H and O–H groups in total. The van der Waals surface area contributed by atoms with E-state index in [2.05, 4.69) is 0 Å². The number of carboxylic acid groups (broad SMARTS) is 1. The molecule has 0 radical (unpaired) electrons. The van der Waals surface area contributed by atoms with Crippen LogP contribution in [0.15, 0.2) is 22.5 Å². The van der Waals surface area contributed by atoms with Crippen LogP contribution in [0, 0.1) is 16.7 Å². The molecule has 168 valence electrons. The third-order valence-corrected chi connectivity index (χ3v) is 6.53. The number of carbonyl (C=O) groups excluding carboxylic acids is 2. The normalized spacial score (nSPS) is 23.5. The zero-order valence-electron chi connectivity index (χ0n) is 19.3. The highest BCUT2D eigenvalue weighted by Crippen LogP contribution is 2.53. The molecule has 0 amide bonds. The maximum absolute atomic E-state index is 12.9. The second-order valence-corrected chi connectivity index (χ2v) is 9.49. The highest BCUT2D eigenvalue weighted by atomic mass is 16.5. The number of carboxylic acids is 1. The number of nitrogens with zero attached hydrogens (tertiary/aromatic N) is 1. The molecule has 30 heavy (non-hydrogen) atoms. The SMILES string of the molecule is COC(=O)C1=C(C)N(COC(=O)C(C)(C)C)C(C)=C(C(=O)O)C1(C)C1CCCCC1. The number of hydrogen-bond donors (Lipinski definition) is 1. The lowest BCUT2D eigenvalue weighted by atomic mass is 9.60. The minimum Gasteiger partial charge on any atom is -0.478 e. The Morgan fingerprint density at radius 2 is 1.60 bits per heavy atom. The number of rotatable bonds is 5. The Hall–Kier alpha value is -2.31. The van der Waals surface area contributed by atoms with Gasteiger partial charge in [0.1, 0.15) is 0 Å². The summed E-state index contributed by atoms with van der Waals surface area (Å²) >= 11 is 0. The number of ether oxygens (including phenoxy) is 2. The van der Waals surface area contributed by atoms with Crippen molar-refractivity contribution in [3.05, 3.63) is 22.5 Å². The molecule has 1 saturated carbocycles. The van der Waals surface area contributed by atoms with Gasteiger partial charge in [-0.15, -0.1) is 0 Å². The van der Waals surface area contributed by atoms with Crippen LogP contribution in [0.3, 0.4) is 0 Å². The van der Waals surface area contributed by atoms with Gasteiger partial charge in [0.05, 0.1) is 23.7 Å². The van der Waals surface area contributed by atoms with Crippen molar-refractivity contribution < 1.29 is 29.0 Å². The fraction of sp³-hybridized carbons (Fsp3) is 0.696. The van der Waals surface area contributed by atoms with Crippen LogP contribution in [0.5, 0.6) is 0 Å². The molecule has 1 fully saturated rings. The fourth-order valence-corrected chi connectivity index (χ4v) is 4.86. The summed E-state index contributed by atoms with van der Waals surface area (Å²) in [5.74, 6) is -1.99. The van der Waals surface area contributed by atoms with E-state index in [1.54, 1.807) is 39.5 Å². The smallest absolute Gasteiger partial charge is 0.336 e. The van der Waals surface area contributed by atoms with E-state index in [1.807, 2.05) is 6.92 Å². The fourth-order valence-electron chi connectivity index (χ4n) is 4.86. The van der Waals surface area contributed by atoms with E-state index < -0.39 is 28.7 Å². The summed E-state index contributed by atoms with van der Waals surface area (Å²) in [6.07, 6.45) is 4.84. The van der Waals surface area contributed by atoms with Crippen molar-refractivity contribution in [1.29, 1.82) is 0 Å². The predicted octanol–water partition coefficient (Wildman–Crippen LogP) is 4.24. The molecule has 0 aromatic carbocycles. The van der Waals surface area contributed by atoms with Crippen LogP contribution < -0.4 is 0 Å². The molecule has 1 heterocycles. The average Bonchev–Trinajstić information content (AvgIpc) is 2.66. The molecule has 7 heteroatoms. The van der Waals surface area contributed by atoms with Gasteiger partial charge in [-0.3, -0.25) is 4.79 Å². The summed E-state index contributed by atoms with van der Waals surface area (Å²) in [5.41, 5.74) is -0.0963. The zero-order chi connectivity index (χ0) is 22.9. The molecule has 1 atom stereocenters. The van der Waals surface area contributed by atoms with Gasteiger partial charge in [0, 0.05) is 16.8 Å². The van der Waals surface area contributed by atoms with Gasteiger partial charge in [-0.05, 0) is 53.4 Å². The summed E-state index contributed by atoms with van der Waals surface area (Å²) in [7, 11) is 1.31. The first kappa shape index (κ1) is 24.0. The van der Waals surface area contributed by atoms with Crippen molar-refractivity contribution in [2.75, 3.05) is 13.8 Å². The van der Waals surface area contributed by atoms with Gasteiger partial charge < -0.3 is 19.5 Å². The summed E-state index contributed by atoms with van der Waals surface area (Å²) in [6.45, 7) is 10.4. The van der Waals surface area contributed by atoms with Crippen LogP contribution in [0.2, 0.25) is 0 Å². The van der Waals surface area contributed by atoms with Gasteiger partial charge in [0.15, 0.2) is 6.73 Å². The predicted molar refractivity (Wildman–Crippen MR) is 112 cm³/mol. The van der Waals surface area contributed by atoms with Crippen molar-refractivity contribution in [2.24, 2.45) is 16.7 Å². The van der Waals surface area contributed by atoms with Crippen molar-refractivity contribution in [1.82, 2.24) is 4.90 Å². The van der Waals surface area contributed by atoms with Gasteiger partial charge in [0.2, 0.25) is 0 Å². The minimum absolute atomic E-state index is 0.0237. The Labute approximate surface area is 179 Å². The van der Waals surface area contributed by atoms with Gasteiger partial charge in [-0.1, -0.05) is 26.2 Å². The molecule has 7 nitrogen and oxygen atoms in total. The second kappa shape index (κ2) is 8.82. The van der Waals surface area contributed by atoms with Crippen LogP contribution in [0.4, 0.5) is 0 Å². The molecule has 2 rings (SSSR count). The van der Waals surface area contributed by atoms with E-state index in [-0.39, 0.29) is 18.2 Å². The highest BCUT2D eigenvalue weighted by Gasteiger charge is 2.52. The van der Waals surface area contributed by atoms with E-state index >= 15 is 0 Å². The van der Waals surface area contributed by atoms with Crippen molar-refractivity contribution in [3.8, 4) is 0 Å². The van der Waals surface area contributed by atoms with Crippen LogP contribution in [-0.4, -0.2) is 41.8 Å². The Balaban J connectivity index is 2.61. The number of aliphatic carboxylic acids is 1. The summed E-state index contributed by atoms with van der Waals surface area (Å²) < 4.78 is 10.6. The third kappa shape index (κ3) is 4.25. The average molecular weight is 422 g/mol. The van der Waals surface area contributed by atoms with Crippen LogP contribution >= 0.6 is 0 Å². The maximum atomic E-state index is 12.9. The lowest BCUT2D eigenvalue weighted by Crippen LogP contribution is -2.46. The Morgan fingerprint density at radius 3 is 2.07 bits per heavy atom. The third-order valence-electron chi connectivity index (χ3n) is 6.53. The Morgan fingerprint density at radius 1 is 1.07 bits per heavy atom. The maximum Gasteiger partial charge on any atom is 0.336 e. The second-order valence-electron chi connectivity index (χ2n) is 9.49. The van der Waals surface area contributed by atoms with E-state index in [1.165, 1.54) is 7.11 Å². The van der Waals surface area contributed by atoms with Crippen LogP contribution in [-0.2, 0) is 23.9 Å². The first-order valence-electron chi connectivity index (χ1n) is 10.6. The number of carbonyl (C=O) groups is 3. The Kier molecular flexibility index (Phi) is 7.05. The molecule has 1 aliphatic heterocycles. The molecule has 0 aromatic rings. The summed E-state index contributed by atoms with van der Waals surface area (Å²) in [5, 5.41) is 10.2. The molecule has 1 aliphatic carbocycles. The van der Waals surface area contributed by atoms with Gasteiger partial charge in [-0.25, -0.2) is 9.59 Å². The molecule has 0 aromatic heterocycles. The Bertz CT molecular complexity index is 782. The van der Waals surface area contributed by atoms with Crippen molar-refractivity contribution in [3.63, 3.8) is 0 Å². The molecule has 0 bridgehead atoms. The van der Waals surface area contributed by atoms with Crippen molar-refractivity contribution >= 4 is 17.9 Å². The number of allylic oxidation sites excluding steroid dienone is 2. The standard InChI is InChI=1S/C23H35NO6/c1-14-17(19(25)26)23(6,16-11-9-8-10-12-16)18(20(27)29-7)15(2)24(14)13-30-21(28)22(3,4)5/h16H,8-13H2,1-7H3,(H,25,26). The van der Waals surface area contributed by atoms with Crippen LogP contribution in [0.1, 0.15) is 73.6 Å². The van der Waals surface area contributed by atoms with E-state index in [0.29, 0.717) is 17.0 Å². The van der Waals surface area contributed by atoms with Crippen molar-refractivity contribution in [2.45, 2.75) is 73.6 Å². The van der Waals surface area contributed by atoms with E-state index in [0.717, 1.165) is 32.1 Å². The lowest BCUT2D eigenvalue weighted by Gasteiger charge is -2.47. The molecule has 2 aliphatic rings. The molecular weight excluding hydrogens is 386 g/mol. The number of esters is 2. The first-order valence-corrected chi connectivity index (χ1v) is 10.6. The topological polar surface area (TPSA) is 93.1 Å². The van der Waals surface area contributed by atoms with Gasteiger partial charge in [0.25, 0.3) is 0 Å². The lowest BCUT2D eigenvalue weighted by molar-refractivity contribution is -0.156. The van der Waals surface area contributed by atoms with Gasteiger partial charge in [-0.2, -0.15) is 0 Å². The van der Waals surface area contributed by atoms with Gasteiger partial charge >= 0.3 is 17.9 Å². The highest BCUT2D eigenvalue weighted by molar-refractivity contribution is 5.98. The van der Waals surface area contributed by atoms with E-state index in [9.17, 15) is 19.5 Å².